The molecule has 1 amide bonds. The Hall–Kier alpha value is -2.12. The van der Waals surface area contributed by atoms with Crippen LogP contribution in [0.5, 0.6) is 0 Å². The molecule has 0 aliphatic rings. The third-order valence-corrected chi connectivity index (χ3v) is 3.25. The van der Waals surface area contributed by atoms with Crippen LogP contribution in [0.3, 0.4) is 0 Å². The fourth-order valence-corrected chi connectivity index (χ4v) is 2.16. The lowest BCUT2D eigenvalue weighted by atomic mass is 10.1. The van der Waals surface area contributed by atoms with Crippen LogP contribution in [0.4, 0.5) is 5.69 Å². The van der Waals surface area contributed by atoms with E-state index in [4.69, 9.17) is 22.5 Å². The summed E-state index contributed by atoms with van der Waals surface area (Å²) >= 11 is 9.15. The van der Waals surface area contributed by atoms with E-state index in [2.05, 4.69) is 31.4 Å². The van der Waals surface area contributed by atoms with E-state index in [0.717, 1.165) is 0 Å². The fourth-order valence-electron chi connectivity index (χ4n) is 1.63. The molecule has 21 heavy (non-hydrogen) atoms. The van der Waals surface area contributed by atoms with Gasteiger partial charge in [0, 0.05) is 27.5 Å². The number of rotatable bonds is 3. The fraction of sp³-hybridized carbons (Fsp3) is 0. The standard InChI is InChI=1S/C13H10BrClN4O2/c14-8-3-7(5-17-6-8)13(20)18-11-4-9(15)1-2-10(11)12(16)19-21/h1-6,21H,(H2,16,19)(H,18,20). The Morgan fingerprint density at radius 2 is 2.14 bits per heavy atom. The molecule has 1 aromatic heterocycles. The first-order valence-corrected chi connectivity index (χ1v) is 6.87. The molecule has 0 aliphatic carbocycles. The summed E-state index contributed by atoms with van der Waals surface area (Å²) in [6.45, 7) is 0. The molecule has 1 aromatic carbocycles. The van der Waals surface area contributed by atoms with Crippen molar-refractivity contribution in [2.75, 3.05) is 5.32 Å². The average Bonchev–Trinajstić information content (AvgIpc) is 2.46. The Balaban J connectivity index is 2.35. The number of nitrogens with zero attached hydrogens (tertiary/aromatic N) is 2. The number of nitrogens with one attached hydrogen (secondary N) is 1. The number of nitrogens with two attached hydrogens (primary N) is 1. The summed E-state index contributed by atoms with van der Waals surface area (Å²) in [6.07, 6.45) is 2.99. The first-order valence-electron chi connectivity index (χ1n) is 5.70. The van der Waals surface area contributed by atoms with Crippen molar-refractivity contribution in [3.05, 3.63) is 57.3 Å². The van der Waals surface area contributed by atoms with Gasteiger partial charge in [-0.3, -0.25) is 9.78 Å². The van der Waals surface area contributed by atoms with Crippen LogP contribution in [0.2, 0.25) is 5.02 Å². The maximum Gasteiger partial charge on any atom is 0.257 e. The molecule has 2 aromatic rings. The molecule has 2 rings (SSSR count). The number of carbonyl (C=O) groups is 1. The SMILES string of the molecule is NC(=NO)c1ccc(Cl)cc1NC(=O)c1cncc(Br)c1. The monoisotopic (exact) mass is 368 g/mol. The van der Waals surface area contributed by atoms with Crippen LogP contribution in [0.25, 0.3) is 0 Å². The lowest BCUT2D eigenvalue weighted by Crippen LogP contribution is -2.19. The highest BCUT2D eigenvalue weighted by Gasteiger charge is 2.13. The first-order chi connectivity index (χ1) is 10.0. The predicted octanol–water partition coefficient (Wildman–Crippen LogP) is 2.84. The van der Waals surface area contributed by atoms with Crippen molar-refractivity contribution >= 4 is 45.0 Å². The number of amidine groups is 1. The normalized spacial score (nSPS) is 11.2. The zero-order chi connectivity index (χ0) is 15.4. The molecule has 0 atom stereocenters. The van der Waals surface area contributed by atoms with Crippen molar-refractivity contribution in [1.29, 1.82) is 0 Å². The van der Waals surface area contributed by atoms with Gasteiger partial charge in [-0.25, -0.2) is 0 Å². The summed E-state index contributed by atoms with van der Waals surface area (Å²) in [7, 11) is 0. The number of benzene rings is 1. The molecule has 0 unspecified atom stereocenters. The van der Waals surface area contributed by atoms with Gasteiger partial charge in [-0.2, -0.15) is 0 Å². The third kappa shape index (κ3) is 3.71. The molecular weight excluding hydrogens is 360 g/mol. The van der Waals surface area contributed by atoms with E-state index in [0.29, 0.717) is 26.3 Å². The predicted molar refractivity (Wildman–Crippen MR) is 83.9 cm³/mol. The molecule has 0 fully saturated rings. The molecule has 0 radical (unpaired) electrons. The smallest absolute Gasteiger partial charge is 0.257 e. The van der Waals surface area contributed by atoms with Gasteiger partial charge < -0.3 is 16.3 Å². The number of hydrogen-bond donors (Lipinski definition) is 3. The van der Waals surface area contributed by atoms with E-state index >= 15 is 0 Å². The van der Waals surface area contributed by atoms with Gasteiger partial charge in [0.2, 0.25) is 0 Å². The van der Waals surface area contributed by atoms with E-state index in [1.165, 1.54) is 12.3 Å². The van der Waals surface area contributed by atoms with Gasteiger partial charge in [-0.1, -0.05) is 16.8 Å². The van der Waals surface area contributed by atoms with E-state index in [1.54, 1.807) is 24.4 Å². The highest BCUT2D eigenvalue weighted by molar-refractivity contribution is 9.10. The quantitative estimate of drug-likeness (QED) is 0.335. The van der Waals surface area contributed by atoms with Crippen LogP contribution in [-0.2, 0) is 0 Å². The van der Waals surface area contributed by atoms with Gasteiger partial charge in [0.05, 0.1) is 11.3 Å². The molecule has 0 bridgehead atoms. The lowest BCUT2D eigenvalue weighted by Gasteiger charge is -2.10. The van der Waals surface area contributed by atoms with Crippen molar-refractivity contribution in [2.24, 2.45) is 10.9 Å². The summed E-state index contributed by atoms with van der Waals surface area (Å²) in [5.41, 5.74) is 6.62. The topological polar surface area (TPSA) is 101 Å². The van der Waals surface area contributed by atoms with Crippen LogP contribution in [0.15, 0.2) is 46.3 Å². The minimum atomic E-state index is -0.391. The Morgan fingerprint density at radius 1 is 1.38 bits per heavy atom. The molecule has 8 heteroatoms. The second-order valence-corrected chi connectivity index (χ2v) is 5.37. The minimum Gasteiger partial charge on any atom is -0.409 e. The maximum absolute atomic E-state index is 12.2. The first kappa shape index (κ1) is 15.3. The summed E-state index contributed by atoms with van der Waals surface area (Å²) < 4.78 is 0.679. The van der Waals surface area contributed by atoms with E-state index < -0.39 is 5.91 Å². The number of aromatic nitrogens is 1. The van der Waals surface area contributed by atoms with Crippen molar-refractivity contribution < 1.29 is 10.0 Å². The number of oxime groups is 1. The minimum absolute atomic E-state index is 0.130. The number of pyridine rings is 1. The Bertz CT molecular complexity index is 721. The summed E-state index contributed by atoms with van der Waals surface area (Å²) in [4.78, 5) is 16.1. The lowest BCUT2D eigenvalue weighted by molar-refractivity contribution is 0.102. The van der Waals surface area contributed by atoms with Crippen molar-refractivity contribution in [3.8, 4) is 0 Å². The van der Waals surface area contributed by atoms with Crippen LogP contribution in [-0.4, -0.2) is 21.9 Å². The average molecular weight is 370 g/mol. The van der Waals surface area contributed by atoms with Crippen molar-refractivity contribution in [3.63, 3.8) is 0 Å². The number of halogens is 2. The van der Waals surface area contributed by atoms with Crippen LogP contribution >= 0.6 is 27.5 Å². The second kappa shape index (κ2) is 6.55. The molecule has 0 aliphatic heterocycles. The molecule has 1 heterocycles. The van der Waals surface area contributed by atoms with E-state index in [-0.39, 0.29) is 5.84 Å². The zero-order valence-electron chi connectivity index (χ0n) is 10.5. The molecule has 0 spiro atoms. The molecule has 6 nitrogen and oxygen atoms in total. The van der Waals surface area contributed by atoms with E-state index in [1.807, 2.05) is 0 Å². The Morgan fingerprint density at radius 3 is 2.81 bits per heavy atom. The number of carbonyl (C=O) groups excluding carboxylic acids is 1. The van der Waals surface area contributed by atoms with Crippen LogP contribution in [0.1, 0.15) is 15.9 Å². The van der Waals surface area contributed by atoms with Gasteiger partial charge in [-0.15, -0.1) is 0 Å². The summed E-state index contributed by atoms with van der Waals surface area (Å²) in [5, 5.41) is 14.8. The van der Waals surface area contributed by atoms with Gasteiger partial charge in [0.25, 0.3) is 5.91 Å². The molecular formula is C13H10BrClN4O2. The molecule has 108 valence electrons. The second-order valence-electron chi connectivity index (χ2n) is 4.02. The third-order valence-electron chi connectivity index (χ3n) is 2.58. The largest absolute Gasteiger partial charge is 0.409 e. The molecule has 0 saturated heterocycles. The van der Waals surface area contributed by atoms with Gasteiger partial charge >= 0.3 is 0 Å². The van der Waals surface area contributed by atoms with Gasteiger partial charge in [0.1, 0.15) is 0 Å². The van der Waals surface area contributed by atoms with Crippen molar-refractivity contribution in [1.82, 2.24) is 4.98 Å². The number of hydrogen-bond acceptors (Lipinski definition) is 4. The molecule has 0 saturated carbocycles. The van der Waals surface area contributed by atoms with Gasteiger partial charge in [0.15, 0.2) is 5.84 Å². The number of amides is 1. The Labute approximate surface area is 133 Å². The summed E-state index contributed by atoms with van der Waals surface area (Å²) in [5.74, 6) is -0.521. The van der Waals surface area contributed by atoms with E-state index in [9.17, 15) is 4.79 Å². The van der Waals surface area contributed by atoms with Crippen LogP contribution < -0.4 is 11.1 Å². The zero-order valence-corrected chi connectivity index (χ0v) is 12.9. The highest BCUT2D eigenvalue weighted by Crippen LogP contribution is 2.22. The van der Waals surface area contributed by atoms with Crippen LogP contribution in [0, 0.1) is 0 Å². The Kier molecular flexibility index (Phi) is 4.77. The number of anilines is 1. The maximum atomic E-state index is 12.2. The van der Waals surface area contributed by atoms with Gasteiger partial charge in [-0.05, 0) is 40.2 Å². The summed E-state index contributed by atoms with van der Waals surface area (Å²) in [6, 6.07) is 6.26. The van der Waals surface area contributed by atoms with Crippen molar-refractivity contribution in [2.45, 2.75) is 0 Å². The molecule has 4 N–H and O–H groups in total. The highest BCUT2D eigenvalue weighted by atomic mass is 79.9.